The van der Waals surface area contributed by atoms with Crippen LogP contribution in [0.1, 0.15) is 39.3 Å². The number of hydrogen-bond acceptors (Lipinski definition) is 4. The number of aromatic nitrogens is 2. The van der Waals surface area contributed by atoms with Crippen LogP contribution < -0.4 is 15.5 Å². The van der Waals surface area contributed by atoms with Crippen molar-refractivity contribution in [3.05, 3.63) is 11.9 Å². The molecule has 2 heterocycles. The molecule has 0 aromatic carbocycles. The lowest BCUT2D eigenvalue weighted by atomic mass is 9.55. The van der Waals surface area contributed by atoms with E-state index < -0.39 is 0 Å². The number of anilines is 1. The molecule has 3 unspecified atom stereocenters. The minimum atomic E-state index is 0. The van der Waals surface area contributed by atoms with Crippen molar-refractivity contribution >= 4 is 35.9 Å². The van der Waals surface area contributed by atoms with Gasteiger partial charge >= 0.3 is 0 Å². The van der Waals surface area contributed by atoms with Crippen molar-refractivity contribution < 1.29 is 4.74 Å². The summed E-state index contributed by atoms with van der Waals surface area (Å²) in [6.07, 6.45) is 4.67. The molecular formula is C19H35IN6O. The number of hydrogen-bond donors (Lipinski definition) is 2. The summed E-state index contributed by atoms with van der Waals surface area (Å²) in [7, 11) is 6.04. The van der Waals surface area contributed by atoms with E-state index in [0.29, 0.717) is 24.6 Å². The molecule has 7 nitrogen and oxygen atoms in total. The number of fused-ring (bicyclic) bond motifs is 1. The molecule has 1 aromatic heterocycles. The van der Waals surface area contributed by atoms with Crippen LogP contribution in [-0.2, 0) is 18.3 Å². The first-order chi connectivity index (χ1) is 12.4. The van der Waals surface area contributed by atoms with Gasteiger partial charge in [0.1, 0.15) is 0 Å². The van der Waals surface area contributed by atoms with Crippen LogP contribution in [0.2, 0.25) is 0 Å². The zero-order chi connectivity index (χ0) is 18.9. The molecule has 2 N–H and O–H groups in total. The average molecular weight is 490 g/mol. The number of nitrogens with zero attached hydrogens (tertiary/aromatic N) is 4. The number of guanidine groups is 1. The predicted molar refractivity (Wildman–Crippen MR) is 121 cm³/mol. The molecule has 3 rings (SSSR count). The highest BCUT2D eigenvalue weighted by atomic mass is 127. The van der Waals surface area contributed by atoms with Gasteiger partial charge < -0.3 is 24.8 Å². The second kappa shape index (κ2) is 8.98. The molecule has 1 aromatic rings. The fourth-order valence-corrected chi connectivity index (χ4v) is 4.44. The third kappa shape index (κ3) is 4.36. The molecular weight excluding hydrogens is 455 g/mol. The van der Waals surface area contributed by atoms with Gasteiger partial charge in [0.2, 0.25) is 5.95 Å². The van der Waals surface area contributed by atoms with Gasteiger partial charge in [-0.25, -0.2) is 9.98 Å². The van der Waals surface area contributed by atoms with Gasteiger partial charge in [-0.05, 0) is 19.8 Å². The molecule has 0 amide bonds. The lowest BCUT2D eigenvalue weighted by Gasteiger charge is -2.60. The Bertz CT molecular complexity index is 657. The Morgan fingerprint density at radius 2 is 2.19 bits per heavy atom. The average Bonchev–Trinajstić information content (AvgIpc) is 2.98. The molecule has 8 heteroatoms. The normalized spacial score (nSPS) is 26.4. The number of ether oxygens (including phenoxy) is 1. The van der Waals surface area contributed by atoms with E-state index in [1.807, 2.05) is 32.2 Å². The van der Waals surface area contributed by atoms with Crippen molar-refractivity contribution in [1.29, 1.82) is 0 Å². The van der Waals surface area contributed by atoms with Crippen molar-refractivity contribution in [3.63, 3.8) is 0 Å². The molecule has 0 radical (unpaired) electrons. The number of aliphatic imine (C=N–C) groups is 1. The maximum absolute atomic E-state index is 6.02. The first kappa shape index (κ1) is 22.3. The molecule has 0 spiro atoms. The van der Waals surface area contributed by atoms with Gasteiger partial charge in [-0.15, -0.1) is 24.0 Å². The van der Waals surface area contributed by atoms with Crippen LogP contribution in [-0.4, -0.2) is 54.9 Å². The summed E-state index contributed by atoms with van der Waals surface area (Å²) in [5.41, 5.74) is 1.23. The first-order valence-electron chi connectivity index (χ1n) is 9.70. The standard InChI is InChI=1S/C19H34N6O.HI/c1-7-20-17(21-11-13-12-22-18(24(4)5)25(13)6)23-15-14-9-8-10-26-16(14)19(15,2)3;/h12,14-16H,7-11H2,1-6H3,(H2,20,21,23);1H. The van der Waals surface area contributed by atoms with Gasteiger partial charge in [-0.1, -0.05) is 13.8 Å². The topological polar surface area (TPSA) is 66.7 Å². The zero-order valence-corrected chi connectivity index (χ0v) is 19.8. The van der Waals surface area contributed by atoms with E-state index in [0.717, 1.165) is 37.2 Å². The lowest BCUT2D eigenvalue weighted by molar-refractivity contribution is -0.188. The van der Waals surface area contributed by atoms with E-state index >= 15 is 0 Å². The van der Waals surface area contributed by atoms with Crippen LogP contribution in [0.5, 0.6) is 0 Å². The Kier molecular flexibility index (Phi) is 7.40. The van der Waals surface area contributed by atoms with Crippen molar-refractivity contribution in [2.24, 2.45) is 23.4 Å². The van der Waals surface area contributed by atoms with Crippen molar-refractivity contribution in [2.75, 3.05) is 32.1 Å². The number of imidazole rings is 1. The second-order valence-corrected chi connectivity index (χ2v) is 8.24. The third-order valence-corrected chi connectivity index (χ3v) is 5.83. The van der Waals surface area contributed by atoms with E-state index in [1.165, 1.54) is 6.42 Å². The Hall–Kier alpha value is -1.03. The molecule has 1 saturated heterocycles. The van der Waals surface area contributed by atoms with Gasteiger partial charge in [0, 0.05) is 51.7 Å². The summed E-state index contributed by atoms with van der Waals surface area (Å²) in [6, 6.07) is 0.398. The molecule has 0 bridgehead atoms. The molecule has 1 aliphatic carbocycles. The highest BCUT2D eigenvalue weighted by Gasteiger charge is 2.58. The highest BCUT2D eigenvalue weighted by molar-refractivity contribution is 14.0. The van der Waals surface area contributed by atoms with Gasteiger partial charge in [0.15, 0.2) is 5.96 Å². The van der Waals surface area contributed by atoms with Crippen molar-refractivity contribution in [1.82, 2.24) is 20.2 Å². The van der Waals surface area contributed by atoms with Crippen LogP contribution in [0, 0.1) is 11.3 Å². The molecule has 1 saturated carbocycles. The van der Waals surface area contributed by atoms with Gasteiger partial charge in [-0.2, -0.15) is 0 Å². The van der Waals surface area contributed by atoms with Gasteiger partial charge in [0.05, 0.1) is 24.5 Å². The fourth-order valence-electron chi connectivity index (χ4n) is 4.44. The number of halogens is 1. The maximum Gasteiger partial charge on any atom is 0.204 e. The summed E-state index contributed by atoms with van der Waals surface area (Å²) < 4.78 is 8.11. The minimum Gasteiger partial charge on any atom is -0.377 e. The predicted octanol–water partition coefficient (Wildman–Crippen LogP) is 2.36. The largest absolute Gasteiger partial charge is 0.377 e. The van der Waals surface area contributed by atoms with E-state index in [1.54, 1.807) is 0 Å². The number of rotatable bonds is 5. The summed E-state index contributed by atoms with van der Waals surface area (Å²) >= 11 is 0. The fraction of sp³-hybridized carbons (Fsp3) is 0.789. The molecule has 1 aliphatic heterocycles. The van der Waals surface area contributed by atoms with E-state index in [9.17, 15) is 0 Å². The zero-order valence-electron chi connectivity index (χ0n) is 17.5. The molecule has 27 heavy (non-hydrogen) atoms. The van der Waals surface area contributed by atoms with Crippen molar-refractivity contribution in [2.45, 2.75) is 52.3 Å². The quantitative estimate of drug-likeness (QED) is 0.377. The second-order valence-electron chi connectivity index (χ2n) is 8.24. The van der Waals surface area contributed by atoms with Crippen LogP contribution in [0.4, 0.5) is 5.95 Å². The summed E-state index contributed by atoms with van der Waals surface area (Å²) in [4.78, 5) is 11.3. The van der Waals surface area contributed by atoms with E-state index in [4.69, 9.17) is 9.73 Å². The van der Waals surface area contributed by atoms with E-state index in [-0.39, 0.29) is 29.4 Å². The van der Waals surface area contributed by atoms with Gasteiger partial charge in [0.25, 0.3) is 0 Å². The summed E-state index contributed by atoms with van der Waals surface area (Å²) in [5.74, 6) is 2.40. The Balaban J connectivity index is 0.00000261. The monoisotopic (exact) mass is 490 g/mol. The van der Waals surface area contributed by atoms with E-state index in [2.05, 4.69) is 41.0 Å². The highest BCUT2D eigenvalue weighted by Crippen LogP contribution is 2.51. The van der Waals surface area contributed by atoms with Crippen LogP contribution >= 0.6 is 24.0 Å². The minimum absolute atomic E-state index is 0. The Morgan fingerprint density at radius 1 is 1.44 bits per heavy atom. The summed E-state index contributed by atoms with van der Waals surface area (Å²) in [6.45, 7) is 9.04. The third-order valence-electron chi connectivity index (χ3n) is 5.83. The molecule has 2 aliphatic rings. The van der Waals surface area contributed by atoms with Crippen LogP contribution in [0.3, 0.4) is 0 Å². The molecule has 2 fully saturated rings. The van der Waals surface area contributed by atoms with Gasteiger partial charge in [-0.3, -0.25) is 0 Å². The molecule has 154 valence electrons. The smallest absolute Gasteiger partial charge is 0.204 e. The number of nitrogens with one attached hydrogen (secondary N) is 2. The lowest BCUT2D eigenvalue weighted by Crippen LogP contribution is -2.71. The SMILES string of the molecule is CCNC(=NCc1cnc(N(C)C)n1C)NC1C2CCCOC2C1(C)C.I. The van der Waals surface area contributed by atoms with Crippen LogP contribution in [0.25, 0.3) is 0 Å². The molecule has 3 atom stereocenters. The Labute approximate surface area is 180 Å². The maximum atomic E-state index is 6.02. The first-order valence-corrected chi connectivity index (χ1v) is 9.70. The van der Waals surface area contributed by atoms with Crippen LogP contribution in [0.15, 0.2) is 11.2 Å². The Morgan fingerprint density at radius 3 is 2.81 bits per heavy atom. The summed E-state index contributed by atoms with van der Waals surface area (Å²) in [5, 5.41) is 7.07. The van der Waals surface area contributed by atoms with Crippen molar-refractivity contribution in [3.8, 4) is 0 Å².